The van der Waals surface area contributed by atoms with Gasteiger partial charge in [-0.2, -0.15) is 0 Å². The summed E-state index contributed by atoms with van der Waals surface area (Å²) in [6, 6.07) is -0.286. The highest BCUT2D eigenvalue weighted by Gasteiger charge is 2.34. The number of nitrogens with zero attached hydrogens (tertiary/aromatic N) is 1. The van der Waals surface area contributed by atoms with Crippen molar-refractivity contribution in [3.63, 3.8) is 0 Å². The Hall–Kier alpha value is -1.59. The number of carbonyl (C=O) groups excluding carboxylic acids is 2. The Balaban J connectivity index is 2.74. The van der Waals surface area contributed by atoms with Gasteiger partial charge >= 0.3 is 5.97 Å². The third kappa shape index (κ3) is 5.36. The van der Waals surface area contributed by atoms with Crippen LogP contribution in [0.4, 0.5) is 0 Å². The summed E-state index contributed by atoms with van der Waals surface area (Å²) in [6.07, 6.45) is 0.774. The highest BCUT2D eigenvalue weighted by atomic mass is 16.4. The van der Waals surface area contributed by atoms with Gasteiger partial charge in [0.15, 0.2) is 0 Å². The van der Waals surface area contributed by atoms with Crippen molar-refractivity contribution in [3.05, 3.63) is 0 Å². The molecule has 0 radical (unpaired) electrons. The monoisotopic (exact) mass is 298 g/mol. The lowest BCUT2D eigenvalue weighted by Gasteiger charge is -2.37. The zero-order valence-corrected chi connectivity index (χ0v) is 13.3. The van der Waals surface area contributed by atoms with Crippen LogP contribution in [-0.4, -0.2) is 46.9 Å². The zero-order valence-electron chi connectivity index (χ0n) is 13.3. The van der Waals surface area contributed by atoms with Gasteiger partial charge in [0, 0.05) is 31.5 Å². The third-order valence-electron chi connectivity index (χ3n) is 3.61. The van der Waals surface area contributed by atoms with Gasteiger partial charge in [-0.25, -0.2) is 0 Å². The molecule has 1 rings (SSSR count). The number of carboxylic acids is 1. The Morgan fingerprint density at radius 3 is 2.29 bits per heavy atom. The first-order valence-corrected chi connectivity index (χ1v) is 7.51. The first-order valence-electron chi connectivity index (χ1n) is 7.51. The average Bonchev–Trinajstić information content (AvgIpc) is 2.37. The summed E-state index contributed by atoms with van der Waals surface area (Å²) in [4.78, 5) is 36.8. The van der Waals surface area contributed by atoms with Crippen LogP contribution >= 0.6 is 0 Å². The topological polar surface area (TPSA) is 86.7 Å². The minimum atomic E-state index is -0.916. The predicted octanol–water partition coefficient (Wildman–Crippen LogP) is 1.11. The average molecular weight is 298 g/mol. The number of nitrogens with one attached hydrogen (secondary N) is 1. The van der Waals surface area contributed by atoms with Crippen LogP contribution in [0.2, 0.25) is 0 Å². The van der Waals surface area contributed by atoms with Gasteiger partial charge in [0.05, 0.1) is 5.92 Å². The molecule has 1 saturated heterocycles. The number of likely N-dealkylation sites (tertiary alicyclic amines) is 1. The number of hydrogen-bond donors (Lipinski definition) is 2. The summed E-state index contributed by atoms with van der Waals surface area (Å²) in [6.45, 7) is 8.11. The molecule has 1 heterocycles. The Labute approximate surface area is 125 Å². The normalized spacial score (nSPS) is 22.5. The molecule has 1 fully saturated rings. The van der Waals surface area contributed by atoms with E-state index in [1.54, 1.807) is 18.7 Å². The van der Waals surface area contributed by atoms with Crippen LogP contribution in [0.15, 0.2) is 0 Å². The maximum Gasteiger partial charge on any atom is 0.308 e. The zero-order chi connectivity index (χ0) is 16.2. The molecule has 0 aromatic carbocycles. The molecule has 0 aromatic heterocycles. The van der Waals surface area contributed by atoms with Crippen molar-refractivity contribution in [2.24, 2.45) is 17.8 Å². The molecule has 2 atom stereocenters. The summed E-state index contributed by atoms with van der Waals surface area (Å²) >= 11 is 0. The Morgan fingerprint density at radius 2 is 1.81 bits per heavy atom. The van der Waals surface area contributed by atoms with Crippen LogP contribution in [0, 0.1) is 17.8 Å². The number of piperidine rings is 1. The van der Waals surface area contributed by atoms with Crippen molar-refractivity contribution in [3.8, 4) is 0 Å². The molecule has 2 amide bonds. The Kier molecular flexibility index (Phi) is 6.18. The van der Waals surface area contributed by atoms with E-state index in [1.165, 1.54) is 0 Å². The van der Waals surface area contributed by atoms with E-state index in [9.17, 15) is 19.5 Å². The third-order valence-corrected chi connectivity index (χ3v) is 3.61. The molecule has 6 nitrogen and oxygen atoms in total. The fraction of sp³-hybridized carbons (Fsp3) is 0.800. The molecule has 0 spiro atoms. The summed E-state index contributed by atoms with van der Waals surface area (Å²) < 4.78 is 0. The van der Waals surface area contributed by atoms with Crippen LogP contribution in [0.25, 0.3) is 0 Å². The Morgan fingerprint density at radius 1 is 1.19 bits per heavy atom. The first-order chi connectivity index (χ1) is 9.70. The maximum atomic E-state index is 12.2. The Bertz CT molecular complexity index is 406. The van der Waals surface area contributed by atoms with E-state index in [0.29, 0.717) is 19.4 Å². The number of amides is 2. The quantitative estimate of drug-likeness (QED) is 0.796. The number of hydrogen-bond acceptors (Lipinski definition) is 3. The summed E-state index contributed by atoms with van der Waals surface area (Å²) in [5.74, 6) is -1.61. The molecule has 0 bridgehead atoms. The van der Waals surface area contributed by atoms with E-state index < -0.39 is 11.9 Å². The molecular formula is C15H26N2O4. The van der Waals surface area contributed by atoms with E-state index in [2.05, 4.69) is 5.32 Å². The predicted molar refractivity (Wildman–Crippen MR) is 78.5 cm³/mol. The van der Waals surface area contributed by atoms with Crippen molar-refractivity contribution in [2.45, 2.75) is 46.6 Å². The first kappa shape index (κ1) is 17.5. The second-order valence-electron chi connectivity index (χ2n) is 6.53. The van der Waals surface area contributed by atoms with Gasteiger partial charge in [-0.15, -0.1) is 0 Å². The molecular weight excluding hydrogens is 272 g/mol. The molecule has 0 aliphatic carbocycles. The van der Waals surface area contributed by atoms with Crippen LogP contribution in [0.3, 0.4) is 0 Å². The van der Waals surface area contributed by atoms with E-state index in [0.717, 1.165) is 0 Å². The number of carbonyl (C=O) groups is 3. The lowest BCUT2D eigenvalue weighted by Crippen LogP contribution is -2.54. The molecule has 2 unspecified atom stereocenters. The molecule has 21 heavy (non-hydrogen) atoms. The lowest BCUT2D eigenvalue weighted by molar-refractivity contribution is -0.147. The summed E-state index contributed by atoms with van der Waals surface area (Å²) in [5, 5.41) is 12.1. The van der Waals surface area contributed by atoms with Gasteiger partial charge < -0.3 is 15.3 Å². The molecule has 120 valence electrons. The summed E-state index contributed by atoms with van der Waals surface area (Å²) in [7, 11) is 0. The van der Waals surface area contributed by atoms with Crippen LogP contribution in [-0.2, 0) is 14.4 Å². The fourth-order valence-electron chi connectivity index (χ4n) is 2.43. The molecule has 0 aromatic rings. The van der Waals surface area contributed by atoms with Crippen molar-refractivity contribution in [1.29, 1.82) is 0 Å². The van der Waals surface area contributed by atoms with Crippen LogP contribution < -0.4 is 5.32 Å². The molecule has 0 saturated carbocycles. The minimum Gasteiger partial charge on any atom is -0.481 e. The van der Waals surface area contributed by atoms with Crippen molar-refractivity contribution >= 4 is 17.8 Å². The highest BCUT2D eigenvalue weighted by Crippen LogP contribution is 2.19. The second-order valence-corrected chi connectivity index (χ2v) is 6.53. The SMILES string of the molecule is CC(C)CC(=O)N1CC(NC(=O)C(C)C)CC(C(=O)O)C1. The van der Waals surface area contributed by atoms with Gasteiger partial charge in [0.1, 0.15) is 0 Å². The van der Waals surface area contributed by atoms with Gasteiger partial charge in [-0.3, -0.25) is 14.4 Å². The van der Waals surface area contributed by atoms with Crippen LogP contribution in [0.5, 0.6) is 0 Å². The minimum absolute atomic E-state index is 0.0419. The number of aliphatic carboxylic acids is 1. The molecule has 6 heteroatoms. The summed E-state index contributed by atoms with van der Waals surface area (Å²) in [5.41, 5.74) is 0. The number of carboxylic acid groups (broad SMARTS) is 1. The van der Waals surface area contributed by atoms with E-state index in [-0.39, 0.29) is 36.2 Å². The maximum absolute atomic E-state index is 12.2. The lowest BCUT2D eigenvalue weighted by atomic mass is 9.93. The molecule has 2 N–H and O–H groups in total. The van der Waals surface area contributed by atoms with Gasteiger partial charge in [0.25, 0.3) is 0 Å². The fourth-order valence-corrected chi connectivity index (χ4v) is 2.43. The van der Waals surface area contributed by atoms with Crippen molar-refractivity contribution in [1.82, 2.24) is 10.2 Å². The van der Waals surface area contributed by atoms with Gasteiger partial charge in [0.2, 0.25) is 11.8 Å². The van der Waals surface area contributed by atoms with Gasteiger partial charge in [-0.05, 0) is 12.3 Å². The molecule has 1 aliphatic heterocycles. The van der Waals surface area contributed by atoms with E-state index in [4.69, 9.17) is 0 Å². The van der Waals surface area contributed by atoms with E-state index in [1.807, 2.05) is 13.8 Å². The van der Waals surface area contributed by atoms with E-state index >= 15 is 0 Å². The number of rotatable bonds is 5. The van der Waals surface area contributed by atoms with Crippen molar-refractivity contribution < 1.29 is 19.5 Å². The molecule has 1 aliphatic rings. The highest BCUT2D eigenvalue weighted by molar-refractivity contribution is 5.80. The largest absolute Gasteiger partial charge is 0.481 e. The van der Waals surface area contributed by atoms with Crippen molar-refractivity contribution in [2.75, 3.05) is 13.1 Å². The second kappa shape index (κ2) is 7.43. The van der Waals surface area contributed by atoms with Crippen LogP contribution in [0.1, 0.15) is 40.5 Å². The standard InChI is InChI=1S/C15H26N2O4/c1-9(2)5-13(18)17-7-11(15(20)21)6-12(8-17)16-14(19)10(3)4/h9-12H,5-8H2,1-4H3,(H,16,19)(H,20,21). The smallest absolute Gasteiger partial charge is 0.308 e. The van der Waals surface area contributed by atoms with Gasteiger partial charge in [-0.1, -0.05) is 27.7 Å².